The van der Waals surface area contributed by atoms with E-state index < -0.39 is 5.97 Å². The molecule has 0 aromatic heterocycles. The van der Waals surface area contributed by atoms with Crippen LogP contribution in [0.25, 0.3) is 0 Å². The Bertz CT molecular complexity index is 405. The summed E-state index contributed by atoms with van der Waals surface area (Å²) in [5.74, 6) is -0.534. The molecule has 0 bridgehead atoms. The van der Waals surface area contributed by atoms with Crippen LogP contribution in [-0.2, 0) is 9.59 Å². The Labute approximate surface area is 123 Å². The number of carbonyl (C=O) groups is 3. The van der Waals surface area contributed by atoms with Crippen molar-refractivity contribution in [1.82, 2.24) is 16.0 Å². The van der Waals surface area contributed by atoms with Crippen molar-refractivity contribution in [3.63, 3.8) is 0 Å². The van der Waals surface area contributed by atoms with Crippen LogP contribution in [0, 0.1) is 11.8 Å². The van der Waals surface area contributed by atoms with Crippen molar-refractivity contribution in [2.75, 3.05) is 13.1 Å². The second-order valence-electron chi connectivity index (χ2n) is 5.95. The summed E-state index contributed by atoms with van der Waals surface area (Å²) in [5.41, 5.74) is 0. The van der Waals surface area contributed by atoms with E-state index in [4.69, 9.17) is 5.11 Å². The molecule has 0 radical (unpaired) electrons. The monoisotopic (exact) mass is 297 g/mol. The van der Waals surface area contributed by atoms with Gasteiger partial charge < -0.3 is 21.1 Å². The van der Waals surface area contributed by atoms with Crippen LogP contribution in [0.1, 0.15) is 38.5 Å². The van der Waals surface area contributed by atoms with Gasteiger partial charge in [0, 0.05) is 25.6 Å². The quantitative estimate of drug-likeness (QED) is 0.591. The molecule has 2 rings (SSSR count). The Morgan fingerprint density at radius 1 is 1.10 bits per heavy atom. The van der Waals surface area contributed by atoms with Crippen molar-refractivity contribution < 1.29 is 19.5 Å². The zero-order chi connectivity index (χ0) is 15.2. The van der Waals surface area contributed by atoms with Crippen molar-refractivity contribution in [2.45, 2.75) is 44.6 Å². The van der Waals surface area contributed by atoms with Gasteiger partial charge in [0.1, 0.15) is 0 Å². The molecular weight excluding hydrogens is 274 g/mol. The maximum absolute atomic E-state index is 11.7. The first-order valence-electron chi connectivity index (χ1n) is 7.58. The van der Waals surface area contributed by atoms with Gasteiger partial charge in [0.2, 0.25) is 5.91 Å². The number of urea groups is 1. The maximum atomic E-state index is 11.7. The molecule has 1 saturated heterocycles. The minimum Gasteiger partial charge on any atom is -0.481 e. The molecule has 0 spiro atoms. The number of aliphatic carboxylic acids is 1. The molecule has 4 N–H and O–H groups in total. The lowest BCUT2D eigenvalue weighted by Crippen LogP contribution is -2.44. The summed E-state index contributed by atoms with van der Waals surface area (Å²) in [6.07, 6.45) is 4.36. The third-order valence-corrected chi connectivity index (χ3v) is 4.34. The molecule has 1 heterocycles. The van der Waals surface area contributed by atoms with Crippen LogP contribution >= 0.6 is 0 Å². The molecule has 1 atom stereocenters. The number of hydrogen-bond donors (Lipinski definition) is 4. The van der Waals surface area contributed by atoms with Gasteiger partial charge in [0.25, 0.3) is 0 Å². The Balaban J connectivity index is 1.57. The van der Waals surface area contributed by atoms with Gasteiger partial charge in [-0.2, -0.15) is 0 Å². The van der Waals surface area contributed by atoms with Crippen molar-refractivity contribution >= 4 is 17.9 Å². The van der Waals surface area contributed by atoms with Crippen LogP contribution in [0.15, 0.2) is 0 Å². The molecule has 2 aliphatic rings. The van der Waals surface area contributed by atoms with E-state index in [9.17, 15) is 14.4 Å². The molecule has 2 fully saturated rings. The van der Waals surface area contributed by atoms with Crippen molar-refractivity contribution in [3.8, 4) is 0 Å². The SMILES string of the molecule is O=C1CCC(CNC(=O)NCC2CCC(C(=O)O)CC2)N1. The van der Waals surface area contributed by atoms with Crippen LogP contribution in [0.2, 0.25) is 0 Å². The van der Waals surface area contributed by atoms with E-state index in [2.05, 4.69) is 16.0 Å². The van der Waals surface area contributed by atoms with Crippen molar-refractivity contribution in [1.29, 1.82) is 0 Å². The Hall–Kier alpha value is -1.79. The summed E-state index contributed by atoms with van der Waals surface area (Å²) >= 11 is 0. The molecule has 1 saturated carbocycles. The van der Waals surface area contributed by atoms with Gasteiger partial charge in [0.15, 0.2) is 0 Å². The minimum atomic E-state index is -0.710. The standard InChI is InChI=1S/C14H23N3O4/c18-12-6-5-11(17-12)8-16-14(21)15-7-9-1-3-10(4-2-9)13(19)20/h9-11H,1-8H2,(H,17,18)(H,19,20)(H2,15,16,21). The Morgan fingerprint density at radius 3 is 2.33 bits per heavy atom. The fraction of sp³-hybridized carbons (Fsp3) is 0.786. The first kappa shape index (κ1) is 15.6. The first-order chi connectivity index (χ1) is 10.0. The predicted molar refractivity (Wildman–Crippen MR) is 75.6 cm³/mol. The highest BCUT2D eigenvalue weighted by atomic mass is 16.4. The number of carbonyl (C=O) groups excluding carboxylic acids is 2. The number of amides is 3. The molecule has 1 unspecified atom stereocenters. The molecule has 3 amide bonds. The Morgan fingerprint density at radius 2 is 1.76 bits per heavy atom. The molecule has 0 aromatic carbocycles. The molecule has 0 aromatic rings. The molecule has 1 aliphatic heterocycles. The fourth-order valence-corrected chi connectivity index (χ4v) is 2.96. The molecular formula is C14H23N3O4. The predicted octanol–water partition coefficient (Wildman–Crippen LogP) is 0.455. The van der Waals surface area contributed by atoms with Gasteiger partial charge in [-0.25, -0.2) is 4.79 Å². The maximum Gasteiger partial charge on any atom is 0.314 e. The molecule has 118 valence electrons. The average Bonchev–Trinajstić information content (AvgIpc) is 2.89. The number of carboxylic acid groups (broad SMARTS) is 1. The van der Waals surface area contributed by atoms with Crippen molar-refractivity contribution in [3.05, 3.63) is 0 Å². The van der Waals surface area contributed by atoms with Gasteiger partial charge in [-0.15, -0.1) is 0 Å². The van der Waals surface area contributed by atoms with Gasteiger partial charge >= 0.3 is 12.0 Å². The van der Waals surface area contributed by atoms with Gasteiger partial charge in [-0.05, 0) is 38.0 Å². The summed E-state index contributed by atoms with van der Waals surface area (Å²) < 4.78 is 0. The zero-order valence-corrected chi connectivity index (χ0v) is 12.1. The first-order valence-corrected chi connectivity index (χ1v) is 7.58. The Kier molecular flexibility index (Phi) is 5.41. The minimum absolute atomic E-state index is 0.0363. The van der Waals surface area contributed by atoms with Crippen LogP contribution in [0.5, 0.6) is 0 Å². The molecule has 7 heteroatoms. The summed E-state index contributed by atoms with van der Waals surface area (Å²) in [6, 6.07) is -0.189. The lowest BCUT2D eigenvalue weighted by atomic mass is 9.82. The number of carboxylic acids is 1. The lowest BCUT2D eigenvalue weighted by molar-refractivity contribution is -0.143. The molecule has 1 aliphatic carbocycles. The summed E-state index contributed by atoms with van der Waals surface area (Å²) in [6.45, 7) is 1.03. The van der Waals surface area contributed by atoms with Crippen molar-refractivity contribution in [2.24, 2.45) is 11.8 Å². The van der Waals surface area contributed by atoms with Gasteiger partial charge in [-0.3, -0.25) is 9.59 Å². The number of nitrogens with one attached hydrogen (secondary N) is 3. The highest BCUT2D eigenvalue weighted by Crippen LogP contribution is 2.28. The number of hydrogen-bond acceptors (Lipinski definition) is 3. The largest absolute Gasteiger partial charge is 0.481 e. The van der Waals surface area contributed by atoms with E-state index >= 15 is 0 Å². The van der Waals surface area contributed by atoms with E-state index in [1.807, 2.05) is 0 Å². The van der Waals surface area contributed by atoms with Crippen LogP contribution in [-0.4, -0.2) is 42.1 Å². The van der Waals surface area contributed by atoms with Crippen LogP contribution < -0.4 is 16.0 Å². The van der Waals surface area contributed by atoms with E-state index in [-0.39, 0.29) is 23.9 Å². The highest BCUT2D eigenvalue weighted by Gasteiger charge is 2.26. The number of rotatable bonds is 5. The van der Waals surface area contributed by atoms with Crippen LogP contribution in [0.3, 0.4) is 0 Å². The van der Waals surface area contributed by atoms with E-state index in [0.29, 0.717) is 38.3 Å². The summed E-state index contributed by atoms with van der Waals surface area (Å²) in [5, 5.41) is 17.3. The van der Waals surface area contributed by atoms with Crippen LogP contribution in [0.4, 0.5) is 4.79 Å². The summed E-state index contributed by atoms with van der Waals surface area (Å²) in [4.78, 5) is 33.5. The average molecular weight is 297 g/mol. The smallest absolute Gasteiger partial charge is 0.314 e. The van der Waals surface area contributed by atoms with E-state index in [1.54, 1.807) is 0 Å². The fourth-order valence-electron chi connectivity index (χ4n) is 2.96. The van der Waals surface area contributed by atoms with E-state index in [1.165, 1.54) is 0 Å². The normalized spacial score (nSPS) is 28.8. The third kappa shape index (κ3) is 4.91. The van der Waals surface area contributed by atoms with E-state index in [0.717, 1.165) is 19.3 Å². The molecule has 7 nitrogen and oxygen atoms in total. The van der Waals surface area contributed by atoms with Gasteiger partial charge in [0.05, 0.1) is 5.92 Å². The van der Waals surface area contributed by atoms with Gasteiger partial charge in [-0.1, -0.05) is 0 Å². The highest BCUT2D eigenvalue weighted by molar-refractivity contribution is 5.79. The topological polar surface area (TPSA) is 108 Å². The zero-order valence-electron chi connectivity index (χ0n) is 12.1. The third-order valence-electron chi connectivity index (χ3n) is 4.34. The second kappa shape index (κ2) is 7.28. The lowest BCUT2D eigenvalue weighted by Gasteiger charge is -2.26. The summed E-state index contributed by atoms with van der Waals surface area (Å²) in [7, 11) is 0. The molecule has 21 heavy (non-hydrogen) atoms. The second-order valence-corrected chi connectivity index (χ2v) is 5.95.